The molecule has 1 aromatic heterocycles. The highest BCUT2D eigenvalue weighted by Gasteiger charge is 2.27. The summed E-state index contributed by atoms with van der Waals surface area (Å²) in [4.78, 5) is 14.8. The topological polar surface area (TPSA) is 50.2 Å². The zero-order chi connectivity index (χ0) is 16.9. The molecule has 3 rings (SSSR count). The molecule has 1 fully saturated rings. The number of hydrogen-bond donors (Lipinski definition) is 1. The van der Waals surface area contributed by atoms with Crippen LogP contribution >= 0.6 is 0 Å². The molecule has 0 aliphatic carbocycles. The maximum atomic E-state index is 12.8. The maximum Gasteiger partial charge on any atom is 0.223 e. The summed E-state index contributed by atoms with van der Waals surface area (Å²) in [6.45, 7) is 4.61. The SMILES string of the molecule is CCc1ccc(C2CNCCN2C(=O)CCc2cnn(C)c2)cc1. The fourth-order valence-corrected chi connectivity index (χ4v) is 3.27. The van der Waals surface area contributed by atoms with Gasteiger partial charge in [-0.3, -0.25) is 9.48 Å². The summed E-state index contributed by atoms with van der Waals surface area (Å²) in [5.41, 5.74) is 3.66. The first-order valence-electron chi connectivity index (χ1n) is 8.74. The van der Waals surface area contributed by atoms with Crippen molar-refractivity contribution < 1.29 is 4.79 Å². The van der Waals surface area contributed by atoms with Crippen LogP contribution in [0.15, 0.2) is 36.7 Å². The van der Waals surface area contributed by atoms with Gasteiger partial charge in [0, 0.05) is 39.3 Å². The van der Waals surface area contributed by atoms with Gasteiger partial charge in [0.05, 0.1) is 12.2 Å². The molecule has 1 saturated heterocycles. The van der Waals surface area contributed by atoms with E-state index in [9.17, 15) is 4.79 Å². The quantitative estimate of drug-likeness (QED) is 0.915. The first-order chi connectivity index (χ1) is 11.7. The zero-order valence-corrected chi connectivity index (χ0v) is 14.5. The number of aryl methyl sites for hydroxylation is 3. The number of rotatable bonds is 5. The monoisotopic (exact) mass is 326 g/mol. The Morgan fingerprint density at radius 2 is 2.08 bits per heavy atom. The van der Waals surface area contributed by atoms with E-state index in [0.29, 0.717) is 6.42 Å². The Morgan fingerprint density at radius 3 is 2.75 bits per heavy atom. The summed E-state index contributed by atoms with van der Waals surface area (Å²) in [5, 5.41) is 7.58. The van der Waals surface area contributed by atoms with Crippen LogP contribution < -0.4 is 5.32 Å². The summed E-state index contributed by atoms with van der Waals surface area (Å²) in [5.74, 6) is 0.227. The summed E-state index contributed by atoms with van der Waals surface area (Å²) in [6, 6.07) is 8.80. The van der Waals surface area contributed by atoms with Gasteiger partial charge in [0.2, 0.25) is 5.91 Å². The Hall–Kier alpha value is -2.14. The van der Waals surface area contributed by atoms with Crippen molar-refractivity contribution in [1.29, 1.82) is 0 Å². The minimum atomic E-state index is 0.131. The number of nitrogens with one attached hydrogen (secondary N) is 1. The van der Waals surface area contributed by atoms with Crippen LogP contribution in [0.1, 0.15) is 36.1 Å². The van der Waals surface area contributed by atoms with Gasteiger partial charge in [-0.25, -0.2) is 0 Å². The van der Waals surface area contributed by atoms with Crippen molar-refractivity contribution in [3.8, 4) is 0 Å². The predicted molar refractivity (Wildman–Crippen MR) is 94.7 cm³/mol. The van der Waals surface area contributed by atoms with Gasteiger partial charge in [-0.05, 0) is 29.5 Å². The summed E-state index contributed by atoms with van der Waals surface area (Å²) < 4.78 is 1.78. The molecular weight excluding hydrogens is 300 g/mol. The molecule has 1 amide bonds. The van der Waals surface area contributed by atoms with Crippen molar-refractivity contribution in [2.75, 3.05) is 19.6 Å². The fraction of sp³-hybridized carbons (Fsp3) is 0.474. The van der Waals surface area contributed by atoms with Gasteiger partial charge in [-0.15, -0.1) is 0 Å². The summed E-state index contributed by atoms with van der Waals surface area (Å²) >= 11 is 0. The summed E-state index contributed by atoms with van der Waals surface area (Å²) in [7, 11) is 1.90. The van der Waals surface area contributed by atoms with Crippen molar-refractivity contribution in [3.63, 3.8) is 0 Å². The first-order valence-corrected chi connectivity index (χ1v) is 8.74. The number of piperazine rings is 1. The molecule has 24 heavy (non-hydrogen) atoms. The van der Waals surface area contributed by atoms with Crippen LogP contribution in [0.2, 0.25) is 0 Å². The van der Waals surface area contributed by atoms with Crippen LogP contribution in [-0.4, -0.2) is 40.2 Å². The van der Waals surface area contributed by atoms with Crippen LogP contribution in [0.25, 0.3) is 0 Å². The number of hydrogen-bond acceptors (Lipinski definition) is 3. The lowest BCUT2D eigenvalue weighted by Gasteiger charge is -2.36. The zero-order valence-electron chi connectivity index (χ0n) is 14.5. The minimum Gasteiger partial charge on any atom is -0.333 e. The Morgan fingerprint density at radius 1 is 1.29 bits per heavy atom. The molecule has 1 aromatic carbocycles. The van der Waals surface area contributed by atoms with Crippen LogP contribution in [0.5, 0.6) is 0 Å². The molecule has 5 nitrogen and oxygen atoms in total. The molecule has 128 valence electrons. The second-order valence-electron chi connectivity index (χ2n) is 6.42. The van der Waals surface area contributed by atoms with Gasteiger partial charge in [-0.2, -0.15) is 5.10 Å². The van der Waals surface area contributed by atoms with Crippen LogP contribution in [-0.2, 0) is 24.7 Å². The second kappa shape index (κ2) is 7.62. The molecule has 1 aliphatic rings. The standard InChI is InChI=1S/C19H26N4O/c1-3-15-4-7-17(8-5-15)18-13-20-10-11-23(18)19(24)9-6-16-12-21-22(2)14-16/h4-5,7-8,12,14,18,20H,3,6,9-11,13H2,1-2H3. The van der Waals surface area contributed by atoms with Crippen molar-refractivity contribution in [2.45, 2.75) is 32.2 Å². The number of amides is 1. The van der Waals surface area contributed by atoms with Gasteiger partial charge < -0.3 is 10.2 Å². The minimum absolute atomic E-state index is 0.131. The van der Waals surface area contributed by atoms with E-state index in [2.05, 4.69) is 41.6 Å². The molecule has 1 N–H and O–H groups in total. The highest BCUT2D eigenvalue weighted by atomic mass is 16.2. The van der Waals surface area contributed by atoms with Gasteiger partial charge >= 0.3 is 0 Å². The number of nitrogens with zero attached hydrogens (tertiary/aromatic N) is 3. The van der Waals surface area contributed by atoms with Crippen LogP contribution in [0.4, 0.5) is 0 Å². The molecule has 2 heterocycles. The largest absolute Gasteiger partial charge is 0.333 e. The molecule has 0 saturated carbocycles. The number of aromatic nitrogens is 2. The van der Waals surface area contributed by atoms with E-state index in [-0.39, 0.29) is 11.9 Å². The Labute approximate surface area is 143 Å². The van der Waals surface area contributed by atoms with E-state index < -0.39 is 0 Å². The van der Waals surface area contributed by atoms with Crippen LogP contribution in [0, 0.1) is 0 Å². The molecule has 0 bridgehead atoms. The number of benzene rings is 1. The number of carbonyl (C=O) groups is 1. The smallest absolute Gasteiger partial charge is 0.223 e. The number of carbonyl (C=O) groups excluding carboxylic acids is 1. The average molecular weight is 326 g/mol. The van der Waals surface area contributed by atoms with E-state index >= 15 is 0 Å². The van der Waals surface area contributed by atoms with E-state index in [0.717, 1.165) is 38.0 Å². The van der Waals surface area contributed by atoms with E-state index in [1.165, 1.54) is 11.1 Å². The molecule has 0 spiro atoms. The van der Waals surface area contributed by atoms with Crippen molar-refractivity contribution in [1.82, 2.24) is 20.0 Å². The highest BCUT2D eigenvalue weighted by Crippen LogP contribution is 2.24. The normalized spacial score (nSPS) is 17.9. The van der Waals surface area contributed by atoms with Crippen molar-refractivity contribution in [3.05, 3.63) is 53.3 Å². The lowest BCUT2D eigenvalue weighted by Crippen LogP contribution is -2.48. The van der Waals surface area contributed by atoms with Gasteiger partial charge in [0.15, 0.2) is 0 Å². The molecule has 0 radical (unpaired) electrons. The van der Waals surface area contributed by atoms with E-state index in [4.69, 9.17) is 0 Å². The van der Waals surface area contributed by atoms with Gasteiger partial charge in [0.1, 0.15) is 0 Å². The van der Waals surface area contributed by atoms with E-state index in [1.807, 2.05) is 24.3 Å². The van der Waals surface area contributed by atoms with Gasteiger partial charge in [0.25, 0.3) is 0 Å². The molecule has 2 aromatic rings. The van der Waals surface area contributed by atoms with E-state index in [1.54, 1.807) is 4.68 Å². The Balaban J connectivity index is 1.67. The molecule has 1 unspecified atom stereocenters. The fourth-order valence-electron chi connectivity index (χ4n) is 3.27. The average Bonchev–Trinajstić information content (AvgIpc) is 3.05. The van der Waals surface area contributed by atoms with Gasteiger partial charge in [-0.1, -0.05) is 31.2 Å². The molecular formula is C19H26N4O. The predicted octanol–water partition coefficient (Wildman–Crippen LogP) is 2.09. The Bertz CT molecular complexity index is 677. The molecule has 1 atom stereocenters. The third kappa shape index (κ3) is 3.85. The maximum absolute atomic E-state index is 12.8. The third-order valence-electron chi connectivity index (χ3n) is 4.72. The molecule has 1 aliphatic heterocycles. The lowest BCUT2D eigenvalue weighted by molar-refractivity contribution is -0.134. The Kier molecular flexibility index (Phi) is 5.30. The third-order valence-corrected chi connectivity index (χ3v) is 4.72. The lowest BCUT2D eigenvalue weighted by atomic mass is 10.00. The van der Waals surface area contributed by atoms with Crippen molar-refractivity contribution >= 4 is 5.91 Å². The highest BCUT2D eigenvalue weighted by molar-refractivity contribution is 5.77. The second-order valence-corrected chi connectivity index (χ2v) is 6.42. The molecule has 5 heteroatoms. The summed E-state index contributed by atoms with van der Waals surface area (Å²) in [6.07, 6.45) is 6.14. The van der Waals surface area contributed by atoms with Crippen LogP contribution in [0.3, 0.4) is 0 Å². The first kappa shape index (κ1) is 16.7. The van der Waals surface area contributed by atoms with Crippen molar-refractivity contribution in [2.24, 2.45) is 7.05 Å².